The van der Waals surface area contributed by atoms with E-state index < -0.39 is 11.0 Å². The topological polar surface area (TPSA) is 59.3 Å². The van der Waals surface area contributed by atoms with Crippen molar-refractivity contribution in [2.45, 2.75) is 51.9 Å². The fourth-order valence-electron chi connectivity index (χ4n) is 3.73. The van der Waals surface area contributed by atoms with E-state index in [2.05, 4.69) is 19.9 Å². The number of ether oxygens (including phenoxy) is 2. The minimum Gasteiger partial charge on any atom is -0.356 e. The summed E-state index contributed by atoms with van der Waals surface area (Å²) in [7, 11) is 1.59. The lowest BCUT2D eigenvalue weighted by molar-refractivity contribution is -0.185. The number of carbonyl (C=O) groups excluding carboxylic acids is 1. The molecule has 0 spiro atoms. The summed E-state index contributed by atoms with van der Waals surface area (Å²) in [5, 5.41) is 9.51. The first-order valence-electron chi connectivity index (χ1n) is 6.99. The van der Waals surface area contributed by atoms with Gasteiger partial charge in [0.1, 0.15) is 5.60 Å². The van der Waals surface area contributed by atoms with Gasteiger partial charge in [-0.15, -0.1) is 0 Å². The zero-order valence-corrected chi connectivity index (χ0v) is 12.2. The molecule has 0 unspecified atom stereocenters. The van der Waals surface area contributed by atoms with Crippen LogP contribution in [0.15, 0.2) is 0 Å². The van der Waals surface area contributed by atoms with Crippen LogP contribution < -0.4 is 0 Å². The zero-order valence-electron chi connectivity index (χ0n) is 12.2. The normalized spacial score (nSPS) is 45.8. The molecule has 1 aliphatic heterocycles. The van der Waals surface area contributed by atoms with Crippen LogP contribution in [0.5, 0.6) is 0 Å². The highest BCUT2D eigenvalue weighted by molar-refractivity contribution is 5.66. The standard InChI is InChI=1S/C15H23NO3/c1-10(2)11-5-12(8-16)14(3)7-13(18-4)19-15(14,6-11)9-17/h9-13H,5-7H2,1-4H3/t11-,12+,13+,14+,15+/m1/s1. The molecule has 2 aliphatic rings. The quantitative estimate of drug-likeness (QED) is 0.736. The number of nitrogens with zero attached hydrogens (tertiary/aromatic N) is 1. The average Bonchev–Trinajstić information content (AvgIpc) is 2.70. The monoisotopic (exact) mass is 265 g/mol. The maximum absolute atomic E-state index is 11.8. The Kier molecular flexibility index (Phi) is 3.72. The third kappa shape index (κ3) is 2.00. The first kappa shape index (κ1) is 14.5. The first-order chi connectivity index (χ1) is 8.92. The summed E-state index contributed by atoms with van der Waals surface area (Å²) in [6.07, 6.45) is 2.70. The van der Waals surface area contributed by atoms with Crippen LogP contribution in [0.2, 0.25) is 0 Å². The Hall–Kier alpha value is -0.920. The van der Waals surface area contributed by atoms with E-state index in [9.17, 15) is 10.1 Å². The van der Waals surface area contributed by atoms with Crippen molar-refractivity contribution in [2.24, 2.45) is 23.2 Å². The maximum atomic E-state index is 11.8. The van der Waals surface area contributed by atoms with Crippen molar-refractivity contribution in [2.75, 3.05) is 7.11 Å². The number of rotatable bonds is 3. The van der Waals surface area contributed by atoms with E-state index in [-0.39, 0.29) is 12.2 Å². The summed E-state index contributed by atoms with van der Waals surface area (Å²) in [6, 6.07) is 2.41. The van der Waals surface area contributed by atoms with E-state index in [0.717, 1.165) is 12.7 Å². The second kappa shape index (κ2) is 4.88. The number of aldehydes is 1. The SMILES string of the molecule is CO[C@@H]1C[C@@]2(C)[C@H](C#N)C[C@@H](C(C)C)C[C@@]2(C=O)O1. The van der Waals surface area contributed by atoms with E-state index in [1.165, 1.54) is 0 Å². The molecule has 0 aromatic carbocycles. The highest BCUT2D eigenvalue weighted by Crippen LogP contribution is 2.59. The van der Waals surface area contributed by atoms with Crippen LogP contribution in [-0.4, -0.2) is 25.3 Å². The Balaban J connectivity index is 2.41. The number of hydrogen-bond donors (Lipinski definition) is 0. The zero-order chi connectivity index (χ0) is 14.3. The van der Waals surface area contributed by atoms with Crippen molar-refractivity contribution >= 4 is 6.29 Å². The largest absolute Gasteiger partial charge is 0.356 e. The Morgan fingerprint density at radius 2 is 2.16 bits per heavy atom. The van der Waals surface area contributed by atoms with Gasteiger partial charge in [-0.3, -0.25) is 0 Å². The van der Waals surface area contributed by atoms with Crippen molar-refractivity contribution in [1.82, 2.24) is 0 Å². The summed E-state index contributed by atoms with van der Waals surface area (Å²) < 4.78 is 11.2. The van der Waals surface area contributed by atoms with Gasteiger partial charge in [-0.05, 0) is 24.7 Å². The molecule has 1 aliphatic carbocycles. The lowest BCUT2D eigenvalue weighted by Gasteiger charge is -2.48. The van der Waals surface area contributed by atoms with Gasteiger partial charge in [0.05, 0.1) is 12.0 Å². The number of nitriles is 1. The lowest BCUT2D eigenvalue weighted by atomic mass is 9.55. The molecule has 1 saturated carbocycles. The van der Waals surface area contributed by atoms with Gasteiger partial charge in [0.2, 0.25) is 0 Å². The van der Waals surface area contributed by atoms with Gasteiger partial charge < -0.3 is 14.3 Å². The Morgan fingerprint density at radius 3 is 2.63 bits per heavy atom. The van der Waals surface area contributed by atoms with E-state index >= 15 is 0 Å². The Labute approximate surface area is 115 Å². The van der Waals surface area contributed by atoms with E-state index in [4.69, 9.17) is 9.47 Å². The number of methoxy groups -OCH3 is 1. The molecular formula is C15H23NO3. The van der Waals surface area contributed by atoms with Crippen molar-refractivity contribution in [1.29, 1.82) is 5.26 Å². The first-order valence-corrected chi connectivity index (χ1v) is 6.99. The predicted molar refractivity (Wildman–Crippen MR) is 70.1 cm³/mol. The van der Waals surface area contributed by atoms with E-state index in [1.54, 1.807) is 7.11 Å². The molecule has 1 saturated heterocycles. The van der Waals surface area contributed by atoms with Crippen molar-refractivity contribution in [3.8, 4) is 6.07 Å². The summed E-state index contributed by atoms with van der Waals surface area (Å²) in [4.78, 5) is 11.8. The van der Waals surface area contributed by atoms with Gasteiger partial charge in [0, 0.05) is 18.9 Å². The van der Waals surface area contributed by atoms with Gasteiger partial charge in [-0.25, -0.2) is 0 Å². The lowest BCUT2D eigenvalue weighted by Crippen LogP contribution is -2.54. The minimum atomic E-state index is -0.860. The summed E-state index contributed by atoms with van der Waals surface area (Å²) in [6.45, 7) is 6.29. The molecule has 4 nitrogen and oxygen atoms in total. The van der Waals surface area contributed by atoms with Crippen LogP contribution in [0.1, 0.15) is 40.0 Å². The van der Waals surface area contributed by atoms with Crippen LogP contribution in [0.25, 0.3) is 0 Å². The fourth-order valence-corrected chi connectivity index (χ4v) is 3.73. The summed E-state index contributed by atoms with van der Waals surface area (Å²) in [5.41, 5.74) is -1.29. The second-order valence-electron chi connectivity index (χ2n) is 6.54. The van der Waals surface area contributed by atoms with Crippen molar-refractivity contribution in [3.05, 3.63) is 0 Å². The molecule has 5 atom stereocenters. The molecule has 19 heavy (non-hydrogen) atoms. The number of carbonyl (C=O) groups is 1. The highest BCUT2D eigenvalue weighted by atomic mass is 16.7. The van der Waals surface area contributed by atoms with Crippen molar-refractivity contribution < 1.29 is 14.3 Å². The highest BCUT2D eigenvalue weighted by Gasteiger charge is 2.64. The summed E-state index contributed by atoms with van der Waals surface area (Å²) in [5.74, 6) is 0.639. The van der Waals surface area contributed by atoms with Gasteiger partial charge in [0.25, 0.3) is 0 Å². The molecule has 106 valence electrons. The van der Waals surface area contributed by atoms with Crippen LogP contribution in [0.3, 0.4) is 0 Å². The molecule has 2 fully saturated rings. The minimum absolute atomic E-state index is 0.154. The number of hydrogen-bond acceptors (Lipinski definition) is 4. The van der Waals surface area contributed by atoms with Gasteiger partial charge >= 0.3 is 0 Å². The number of fused-ring (bicyclic) bond motifs is 1. The molecule has 0 radical (unpaired) electrons. The van der Waals surface area contributed by atoms with E-state index in [0.29, 0.717) is 24.7 Å². The van der Waals surface area contributed by atoms with E-state index in [1.807, 2.05) is 6.92 Å². The van der Waals surface area contributed by atoms with Gasteiger partial charge in [-0.1, -0.05) is 20.8 Å². The molecule has 1 heterocycles. The Bertz CT molecular complexity index is 403. The predicted octanol–water partition coefficient (Wildman–Crippen LogP) is 2.53. The third-order valence-electron chi connectivity index (χ3n) is 5.32. The molecule has 0 aromatic heterocycles. The second-order valence-corrected chi connectivity index (χ2v) is 6.54. The van der Waals surface area contributed by atoms with Crippen molar-refractivity contribution in [3.63, 3.8) is 0 Å². The van der Waals surface area contributed by atoms with Crippen LogP contribution in [-0.2, 0) is 14.3 Å². The van der Waals surface area contributed by atoms with Gasteiger partial charge in [0.15, 0.2) is 12.6 Å². The molecule has 0 bridgehead atoms. The maximum Gasteiger partial charge on any atom is 0.159 e. The third-order valence-corrected chi connectivity index (χ3v) is 5.32. The molecule has 0 aromatic rings. The molecular weight excluding hydrogens is 242 g/mol. The Morgan fingerprint density at radius 1 is 1.47 bits per heavy atom. The van der Waals surface area contributed by atoms with Crippen LogP contribution in [0.4, 0.5) is 0 Å². The summed E-state index contributed by atoms with van der Waals surface area (Å²) >= 11 is 0. The fraction of sp³-hybridized carbons (Fsp3) is 0.867. The average molecular weight is 265 g/mol. The van der Waals surface area contributed by atoms with Crippen LogP contribution >= 0.6 is 0 Å². The van der Waals surface area contributed by atoms with Crippen LogP contribution in [0, 0.1) is 34.5 Å². The molecule has 2 rings (SSSR count). The smallest absolute Gasteiger partial charge is 0.159 e. The molecule has 0 N–H and O–H groups in total. The molecule has 0 amide bonds. The molecule has 4 heteroatoms. The van der Waals surface area contributed by atoms with Gasteiger partial charge in [-0.2, -0.15) is 5.26 Å².